The molecule has 0 saturated heterocycles. The second-order valence-electron chi connectivity index (χ2n) is 3.60. The van der Waals surface area contributed by atoms with Gasteiger partial charge in [-0.1, -0.05) is 0 Å². The van der Waals surface area contributed by atoms with Gasteiger partial charge in [0, 0.05) is 39.6 Å². The quantitative estimate of drug-likeness (QED) is 0.662. The summed E-state index contributed by atoms with van der Waals surface area (Å²) >= 11 is 0. The number of hydrogen-bond acceptors (Lipinski definition) is 3. The fraction of sp³-hybridized carbons (Fsp3) is 0.556. The molecule has 5 nitrogen and oxygen atoms in total. The molecule has 14 heavy (non-hydrogen) atoms. The van der Waals surface area contributed by atoms with Crippen molar-refractivity contribution in [3.05, 3.63) is 18.2 Å². The number of carbonyl (C=O) groups is 1. The van der Waals surface area contributed by atoms with Crippen LogP contribution in [0, 0.1) is 0 Å². The first-order valence-corrected chi connectivity index (χ1v) is 4.65. The number of nitrogens with one attached hydrogen (secondary N) is 1. The van der Waals surface area contributed by atoms with Crippen molar-refractivity contribution in [2.24, 2.45) is 0 Å². The van der Waals surface area contributed by atoms with Gasteiger partial charge in [-0.05, 0) is 0 Å². The lowest BCUT2D eigenvalue weighted by atomic mass is 10.2. The van der Waals surface area contributed by atoms with E-state index in [4.69, 9.17) is 0 Å². The highest BCUT2D eigenvalue weighted by molar-refractivity contribution is 5.82. The molecule has 0 unspecified atom stereocenters. The fourth-order valence-electron chi connectivity index (χ4n) is 1.65. The summed E-state index contributed by atoms with van der Waals surface area (Å²) in [5, 5.41) is 3.17. The Labute approximate surface area is 82.7 Å². The van der Waals surface area contributed by atoms with Crippen LogP contribution in [0.4, 0.5) is 0 Å². The minimum absolute atomic E-state index is 0.0529. The van der Waals surface area contributed by atoms with Crippen LogP contribution in [-0.2, 0) is 11.3 Å². The highest BCUT2D eigenvalue weighted by atomic mass is 16.2. The lowest BCUT2D eigenvalue weighted by Gasteiger charge is -2.26. The van der Waals surface area contributed by atoms with Crippen molar-refractivity contribution in [3.63, 3.8) is 0 Å². The van der Waals surface area contributed by atoms with E-state index in [1.165, 1.54) is 0 Å². The third-order valence-corrected chi connectivity index (χ3v) is 2.39. The molecule has 1 amide bonds. The van der Waals surface area contributed by atoms with Crippen molar-refractivity contribution < 1.29 is 4.79 Å². The van der Waals surface area contributed by atoms with Crippen LogP contribution in [0.2, 0.25) is 0 Å². The van der Waals surface area contributed by atoms with Gasteiger partial charge in [0.05, 0.1) is 0 Å². The normalized spacial score (nSPS) is 20.3. The lowest BCUT2D eigenvalue weighted by Crippen LogP contribution is -2.42. The Kier molecular flexibility index (Phi) is 2.25. The molecule has 0 aliphatic carbocycles. The van der Waals surface area contributed by atoms with Crippen molar-refractivity contribution in [1.82, 2.24) is 19.8 Å². The maximum absolute atomic E-state index is 11.8. The number of nitrogens with zero attached hydrogens (tertiary/aromatic N) is 3. The highest BCUT2D eigenvalue weighted by Gasteiger charge is 2.28. The van der Waals surface area contributed by atoms with Gasteiger partial charge in [-0.25, -0.2) is 4.98 Å². The average molecular weight is 194 g/mol. The van der Waals surface area contributed by atoms with Gasteiger partial charge in [0.2, 0.25) is 5.91 Å². The maximum atomic E-state index is 11.8. The van der Waals surface area contributed by atoms with Crippen molar-refractivity contribution in [2.45, 2.75) is 12.6 Å². The summed E-state index contributed by atoms with van der Waals surface area (Å²) in [6.07, 6.45) is 3.64. The minimum atomic E-state index is -0.284. The number of imidazole rings is 1. The topological polar surface area (TPSA) is 50.2 Å². The summed E-state index contributed by atoms with van der Waals surface area (Å²) in [5.41, 5.74) is 0. The summed E-state index contributed by atoms with van der Waals surface area (Å²) in [5.74, 6) is 0.868. The van der Waals surface area contributed by atoms with Crippen molar-refractivity contribution in [1.29, 1.82) is 0 Å². The fourth-order valence-corrected chi connectivity index (χ4v) is 1.65. The summed E-state index contributed by atoms with van der Waals surface area (Å²) in [6, 6.07) is -0.284. The lowest BCUT2D eigenvalue weighted by molar-refractivity contribution is -0.131. The zero-order valence-corrected chi connectivity index (χ0v) is 8.40. The molecule has 0 radical (unpaired) electrons. The van der Waals surface area contributed by atoms with E-state index in [0.717, 1.165) is 18.9 Å². The minimum Gasteiger partial charge on any atom is -0.347 e. The number of likely N-dealkylation sites (N-methyl/N-ethyl adjacent to an activating group) is 1. The second-order valence-corrected chi connectivity index (χ2v) is 3.60. The Bertz CT molecular complexity index is 344. The van der Waals surface area contributed by atoms with Gasteiger partial charge in [0.1, 0.15) is 11.9 Å². The van der Waals surface area contributed by atoms with Gasteiger partial charge >= 0.3 is 0 Å². The smallest absolute Gasteiger partial charge is 0.247 e. The molecule has 1 aromatic rings. The van der Waals surface area contributed by atoms with Crippen molar-refractivity contribution in [3.8, 4) is 0 Å². The molecular weight excluding hydrogens is 180 g/mol. The molecule has 76 valence electrons. The molecule has 0 fully saturated rings. The van der Waals surface area contributed by atoms with Crippen LogP contribution in [0.3, 0.4) is 0 Å². The monoisotopic (exact) mass is 194 g/mol. The zero-order chi connectivity index (χ0) is 10.1. The zero-order valence-electron chi connectivity index (χ0n) is 8.40. The van der Waals surface area contributed by atoms with E-state index in [1.807, 2.05) is 10.8 Å². The Morgan fingerprint density at radius 2 is 2.50 bits per heavy atom. The first-order chi connectivity index (χ1) is 6.70. The number of fused-ring (bicyclic) bond motifs is 1. The van der Waals surface area contributed by atoms with E-state index in [-0.39, 0.29) is 11.9 Å². The van der Waals surface area contributed by atoms with Gasteiger partial charge in [0.25, 0.3) is 0 Å². The number of aromatic nitrogens is 2. The molecule has 2 heterocycles. The Morgan fingerprint density at radius 3 is 3.21 bits per heavy atom. The molecule has 1 aliphatic rings. The van der Waals surface area contributed by atoms with Crippen LogP contribution in [0.25, 0.3) is 0 Å². The largest absolute Gasteiger partial charge is 0.347 e. The molecule has 0 aromatic carbocycles. The Hall–Kier alpha value is -1.36. The Balaban J connectivity index is 2.28. The van der Waals surface area contributed by atoms with Crippen LogP contribution in [0.1, 0.15) is 11.9 Å². The van der Waals surface area contributed by atoms with E-state index in [2.05, 4.69) is 10.3 Å². The third-order valence-electron chi connectivity index (χ3n) is 2.39. The number of hydrogen-bond donors (Lipinski definition) is 1. The number of rotatable bonds is 1. The van der Waals surface area contributed by atoms with Gasteiger partial charge in [-0.2, -0.15) is 0 Å². The van der Waals surface area contributed by atoms with Gasteiger partial charge < -0.3 is 9.47 Å². The van der Waals surface area contributed by atoms with Crippen LogP contribution in [-0.4, -0.2) is 41.0 Å². The first-order valence-electron chi connectivity index (χ1n) is 4.65. The van der Waals surface area contributed by atoms with Crippen LogP contribution < -0.4 is 5.32 Å². The first kappa shape index (κ1) is 9.21. The van der Waals surface area contributed by atoms with Gasteiger partial charge in [-0.15, -0.1) is 0 Å². The van der Waals surface area contributed by atoms with Crippen LogP contribution in [0.15, 0.2) is 12.4 Å². The Morgan fingerprint density at radius 1 is 1.71 bits per heavy atom. The standard InChI is InChI=1S/C9H14N4O/c1-12(2)9(14)7-8-11-4-6-13(8)5-3-10-7/h4,6-7,10H,3,5H2,1-2H3/t7-/m0/s1. The molecule has 1 aliphatic heterocycles. The predicted molar refractivity (Wildman–Crippen MR) is 51.7 cm³/mol. The molecule has 0 spiro atoms. The molecule has 2 rings (SSSR count). The second kappa shape index (κ2) is 3.42. The average Bonchev–Trinajstić information content (AvgIpc) is 2.63. The molecule has 1 N–H and O–H groups in total. The van der Waals surface area contributed by atoms with Crippen molar-refractivity contribution >= 4 is 5.91 Å². The number of amides is 1. The third kappa shape index (κ3) is 1.39. The maximum Gasteiger partial charge on any atom is 0.247 e. The molecule has 1 atom stereocenters. The molecular formula is C9H14N4O. The van der Waals surface area contributed by atoms with E-state index >= 15 is 0 Å². The van der Waals surface area contributed by atoms with Crippen LogP contribution in [0.5, 0.6) is 0 Å². The molecule has 0 bridgehead atoms. The van der Waals surface area contributed by atoms with E-state index in [0.29, 0.717) is 0 Å². The highest BCUT2D eigenvalue weighted by Crippen LogP contribution is 2.16. The SMILES string of the molecule is CN(C)C(=O)[C@H]1NCCn2ccnc21. The summed E-state index contributed by atoms with van der Waals surface area (Å²) in [6.45, 7) is 1.69. The summed E-state index contributed by atoms with van der Waals surface area (Å²) in [4.78, 5) is 17.5. The summed E-state index contributed by atoms with van der Waals surface area (Å²) in [7, 11) is 3.51. The predicted octanol–water partition coefficient (Wildman–Crippen LogP) is -0.384. The molecule has 5 heteroatoms. The number of carbonyl (C=O) groups excluding carboxylic acids is 1. The van der Waals surface area contributed by atoms with Crippen molar-refractivity contribution in [2.75, 3.05) is 20.6 Å². The van der Waals surface area contributed by atoms with Gasteiger partial charge in [-0.3, -0.25) is 10.1 Å². The molecule has 0 saturated carbocycles. The van der Waals surface area contributed by atoms with E-state index < -0.39 is 0 Å². The van der Waals surface area contributed by atoms with E-state index in [1.54, 1.807) is 25.2 Å². The van der Waals surface area contributed by atoms with Crippen LogP contribution >= 0.6 is 0 Å². The van der Waals surface area contributed by atoms with E-state index in [9.17, 15) is 4.79 Å². The van der Waals surface area contributed by atoms with Gasteiger partial charge in [0.15, 0.2) is 0 Å². The summed E-state index contributed by atoms with van der Waals surface area (Å²) < 4.78 is 2.02. The molecule has 1 aromatic heterocycles.